The van der Waals surface area contributed by atoms with Gasteiger partial charge in [0.1, 0.15) is 5.82 Å². The Bertz CT molecular complexity index is 622. The number of rotatable bonds is 4. The van der Waals surface area contributed by atoms with Crippen molar-refractivity contribution in [3.63, 3.8) is 0 Å². The number of amides is 1. The molecular weight excluding hydrogens is 252 g/mol. The highest BCUT2D eigenvalue weighted by molar-refractivity contribution is 5.85. The predicted molar refractivity (Wildman–Crippen MR) is 81.6 cm³/mol. The van der Waals surface area contributed by atoms with Crippen LogP contribution in [0.1, 0.15) is 12.5 Å². The molecule has 0 spiro atoms. The molecule has 0 aliphatic rings. The maximum Gasteiger partial charge on any atom is 0.236 e. The first-order valence-electron chi connectivity index (χ1n) is 6.58. The average Bonchev–Trinajstić information content (AvgIpc) is 2.43. The predicted octanol–water partition coefficient (Wildman–Crippen LogP) is 1.26. The summed E-state index contributed by atoms with van der Waals surface area (Å²) in [6, 6.07) is 9.39. The molecule has 0 radical (unpaired) electrons. The quantitative estimate of drug-likeness (QED) is 0.879. The molecule has 1 atom stereocenters. The second-order valence-corrected chi connectivity index (χ2v) is 5.06. The molecule has 2 aromatic rings. The minimum atomic E-state index is -0.503. The van der Waals surface area contributed by atoms with E-state index in [-0.39, 0.29) is 5.91 Å². The number of hydrogen-bond donors (Lipinski definition) is 2. The van der Waals surface area contributed by atoms with Crippen molar-refractivity contribution in [2.75, 3.05) is 19.0 Å². The van der Waals surface area contributed by atoms with Crippen LogP contribution >= 0.6 is 0 Å². The lowest BCUT2D eigenvalue weighted by molar-refractivity contribution is -0.122. The van der Waals surface area contributed by atoms with E-state index in [4.69, 9.17) is 5.73 Å². The van der Waals surface area contributed by atoms with Crippen molar-refractivity contribution in [3.05, 3.63) is 35.9 Å². The summed E-state index contributed by atoms with van der Waals surface area (Å²) in [6.07, 6.45) is 0. The molecular formula is C15H20N4O. The average molecular weight is 272 g/mol. The summed E-state index contributed by atoms with van der Waals surface area (Å²) < 4.78 is 0. The zero-order valence-corrected chi connectivity index (χ0v) is 12.1. The number of hydrogen-bond acceptors (Lipinski definition) is 4. The van der Waals surface area contributed by atoms with Crippen molar-refractivity contribution >= 4 is 22.6 Å². The van der Waals surface area contributed by atoms with Gasteiger partial charge in [0.2, 0.25) is 5.91 Å². The maximum atomic E-state index is 11.6. The van der Waals surface area contributed by atoms with E-state index < -0.39 is 6.04 Å². The fraction of sp³-hybridized carbons (Fsp3) is 0.333. The fourth-order valence-corrected chi connectivity index (χ4v) is 1.95. The first-order chi connectivity index (χ1) is 9.49. The molecule has 0 fully saturated rings. The topological polar surface area (TPSA) is 71.2 Å². The molecule has 5 heteroatoms. The van der Waals surface area contributed by atoms with Crippen molar-refractivity contribution in [2.24, 2.45) is 5.73 Å². The summed E-state index contributed by atoms with van der Waals surface area (Å²) in [4.78, 5) is 18.1. The summed E-state index contributed by atoms with van der Waals surface area (Å²) in [5.74, 6) is 0.714. The number of nitrogens with two attached hydrogens (primary N) is 1. The lowest BCUT2D eigenvalue weighted by Gasteiger charge is -2.16. The Kier molecular flexibility index (Phi) is 4.20. The van der Waals surface area contributed by atoms with Gasteiger partial charge in [-0.2, -0.15) is 0 Å². The smallest absolute Gasteiger partial charge is 0.236 e. The number of fused-ring (bicyclic) bond motifs is 1. The van der Waals surface area contributed by atoms with Gasteiger partial charge >= 0.3 is 0 Å². The Morgan fingerprint density at radius 1 is 1.40 bits per heavy atom. The van der Waals surface area contributed by atoms with Crippen LogP contribution in [0.15, 0.2) is 30.3 Å². The number of pyridine rings is 1. The summed E-state index contributed by atoms with van der Waals surface area (Å²) in [6.45, 7) is 2.12. The molecule has 0 aliphatic heterocycles. The van der Waals surface area contributed by atoms with Gasteiger partial charge in [0, 0.05) is 26.0 Å². The van der Waals surface area contributed by atoms with Gasteiger partial charge in [0.15, 0.2) is 0 Å². The van der Waals surface area contributed by atoms with E-state index in [0.717, 1.165) is 22.3 Å². The summed E-state index contributed by atoms with van der Waals surface area (Å²) >= 11 is 0. The van der Waals surface area contributed by atoms with E-state index in [2.05, 4.69) is 10.3 Å². The van der Waals surface area contributed by atoms with Gasteiger partial charge in [-0.3, -0.25) is 4.79 Å². The monoisotopic (exact) mass is 272 g/mol. The number of anilines is 1. The first kappa shape index (κ1) is 14.3. The minimum absolute atomic E-state index is 0.155. The number of benzene rings is 1. The number of nitrogens with zero attached hydrogens (tertiary/aromatic N) is 2. The maximum absolute atomic E-state index is 11.6. The van der Waals surface area contributed by atoms with Crippen LogP contribution in [0, 0.1) is 0 Å². The number of para-hydroxylation sites is 1. The van der Waals surface area contributed by atoms with Crippen LogP contribution in [0.2, 0.25) is 0 Å². The van der Waals surface area contributed by atoms with Crippen molar-refractivity contribution < 1.29 is 4.79 Å². The van der Waals surface area contributed by atoms with Gasteiger partial charge < -0.3 is 16.0 Å². The van der Waals surface area contributed by atoms with Gasteiger partial charge in [-0.05, 0) is 24.6 Å². The van der Waals surface area contributed by atoms with Crippen molar-refractivity contribution in [1.82, 2.24) is 10.3 Å². The molecule has 0 bridgehead atoms. The Morgan fingerprint density at radius 3 is 2.75 bits per heavy atom. The Hall–Kier alpha value is -2.14. The van der Waals surface area contributed by atoms with E-state index in [1.807, 2.05) is 49.3 Å². The lowest BCUT2D eigenvalue weighted by atomic mass is 10.1. The summed E-state index contributed by atoms with van der Waals surface area (Å²) in [5.41, 5.74) is 7.51. The van der Waals surface area contributed by atoms with E-state index in [1.165, 1.54) is 0 Å². The SMILES string of the molecule is C[C@@H](N)C(=O)NCc1cc(N(C)C)nc2ccccc12. The van der Waals surface area contributed by atoms with Crippen LogP contribution in [0.5, 0.6) is 0 Å². The summed E-state index contributed by atoms with van der Waals surface area (Å²) in [5, 5.41) is 3.89. The number of carbonyl (C=O) groups is 1. The molecule has 1 aromatic carbocycles. The van der Waals surface area contributed by atoms with Gasteiger partial charge in [-0.1, -0.05) is 18.2 Å². The molecule has 0 unspecified atom stereocenters. The van der Waals surface area contributed by atoms with Gasteiger partial charge in [0.25, 0.3) is 0 Å². The molecule has 1 heterocycles. The molecule has 5 nitrogen and oxygen atoms in total. The Morgan fingerprint density at radius 2 is 2.10 bits per heavy atom. The highest BCUT2D eigenvalue weighted by Crippen LogP contribution is 2.21. The summed E-state index contributed by atoms with van der Waals surface area (Å²) in [7, 11) is 3.89. The minimum Gasteiger partial charge on any atom is -0.363 e. The molecule has 3 N–H and O–H groups in total. The highest BCUT2D eigenvalue weighted by atomic mass is 16.2. The largest absolute Gasteiger partial charge is 0.363 e. The zero-order valence-electron chi connectivity index (χ0n) is 12.1. The first-order valence-corrected chi connectivity index (χ1v) is 6.58. The third-order valence-corrected chi connectivity index (χ3v) is 3.11. The van der Waals surface area contributed by atoms with Gasteiger partial charge in [-0.25, -0.2) is 4.98 Å². The van der Waals surface area contributed by atoms with Crippen molar-refractivity contribution in [3.8, 4) is 0 Å². The van der Waals surface area contributed by atoms with Crippen LogP contribution < -0.4 is 16.0 Å². The van der Waals surface area contributed by atoms with E-state index in [0.29, 0.717) is 6.54 Å². The highest BCUT2D eigenvalue weighted by Gasteiger charge is 2.10. The van der Waals surface area contributed by atoms with Crippen LogP contribution in [0.25, 0.3) is 10.9 Å². The van der Waals surface area contributed by atoms with Gasteiger partial charge in [0.05, 0.1) is 11.6 Å². The Labute approximate surface area is 118 Å². The van der Waals surface area contributed by atoms with E-state index >= 15 is 0 Å². The molecule has 2 rings (SSSR count). The number of nitrogens with one attached hydrogen (secondary N) is 1. The van der Waals surface area contributed by atoms with Crippen LogP contribution in [-0.2, 0) is 11.3 Å². The molecule has 0 saturated heterocycles. The second kappa shape index (κ2) is 5.88. The molecule has 1 aromatic heterocycles. The standard InChI is InChI=1S/C15H20N4O/c1-10(16)15(20)17-9-11-8-14(19(2)3)18-13-7-5-4-6-12(11)13/h4-8,10H,9,16H2,1-3H3,(H,17,20)/t10-/m1/s1. The number of carbonyl (C=O) groups excluding carboxylic acids is 1. The lowest BCUT2D eigenvalue weighted by Crippen LogP contribution is -2.37. The molecule has 1 amide bonds. The molecule has 0 aliphatic carbocycles. The third-order valence-electron chi connectivity index (χ3n) is 3.11. The van der Waals surface area contributed by atoms with E-state index in [9.17, 15) is 4.79 Å². The van der Waals surface area contributed by atoms with Crippen LogP contribution in [-0.4, -0.2) is 31.0 Å². The second-order valence-electron chi connectivity index (χ2n) is 5.06. The molecule has 106 valence electrons. The van der Waals surface area contributed by atoms with Crippen molar-refractivity contribution in [2.45, 2.75) is 19.5 Å². The van der Waals surface area contributed by atoms with E-state index in [1.54, 1.807) is 6.92 Å². The zero-order chi connectivity index (χ0) is 14.7. The normalized spacial score (nSPS) is 12.2. The Balaban J connectivity index is 2.37. The van der Waals surface area contributed by atoms with Gasteiger partial charge in [-0.15, -0.1) is 0 Å². The van der Waals surface area contributed by atoms with Crippen LogP contribution in [0.3, 0.4) is 0 Å². The third kappa shape index (κ3) is 3.05. The number of aromatic nitrogens is 1. The fourth-order valence-electron chi connectivity index (χ4n) is 1.95. The van der Waals surface area contributed by atoms with Crippen LogP contribution in [0.4, 0.5) is 5.82 Å². The molecule has 0 saturated carbocycles. The molecule has 20 heavy (non-hydrogen) atoms. The van der Waals surface area contributed by atoms with Crippen molar-refractivity contribution in [1.29, 1.82) is 0 Å².